The van der Waals surface area contributed by atoms with Crippen LogP contribution in [-0.4, -0.2) is 16.1 Å². The molecule has 0 aliphatic carbocycles. The van der Waals surface area contributed by atoms with E-state index >= 15 is 0 Å². The van der Waals surface area contributed by atoms with Crippen molar-refractivity contribution in [3.63, 3.8) is 0 Å². The van der Waals surface area contributed by atoms with E-state index in [0.717, 1.165) is 10.0 Å². The number of anilines is 1. The molecule has 4 nitrogen and oxygen atoms in total. The second-order valence-corrected chi connectivity index (χ2v) is 4.30. The van der Waals surface area contributed by atoms with Gasteiger partial charge < -0.3 is 10.8 Å². The zero-order valence-corrected chi connectivity index (χ0v) is 10.3. The molecule has 17 heavy (non-hydrogen) atoms. The fraction of sp³-hybridized carbons (Fsp3) is 0. The predicted octanol–water partition coefficient (Wildman–Crippen LogP) is 2.79. The van der Waals surface area contributed by atoms with Crippen molar-refractivity contribution in [3.05, 3.63) is 46.6 Å². The molecule has 0 saturated heterocycles. The number of hydrogen-bond donors (Lipinski definition) is 2. The van der Waals surface area contributed by atoms with Gasteiger partial charge >= 0.3 is 5.97 Å². The number of aromatic nitrogens is 1. The van der Waals surface area contributed by atoms with E-state index in [0.29, 0.717) is 11.4 Å². The summed E-state index contributed by atoms with van der Waals surface area (Å²) in [5, 5.41) is 8.82. The van der Waals surface area contributed by atoms with Crippen LogP contribution in [0.25, 0.3) is 11.3 Å². The molecule has 0 saturated carbocycles. The Labute approximate surface area is 106 Å². The molecule has 0 aliphatic heterocycles. The SMILES string of the molecule is Nc1cc(C(=O)O)cnc1-c1ccccc1Br. The van der Waals surface area contributed by atoms with E-state index in [1.54, 1.807) is 0 Å². The van der Waals surface area contributed by atoms with Crippen molar-refractivity contribution in [2.24, 2.45) is 0 Å². The summed E-state index contributed by atoms with van der Waals surface area (Å²) >= 11 is 3.40. The van der Waals surface area contributed by atoms with Gasteiger partial charge in [0, 0.05) is 16.2 Å². The summed E-state index contributed by atoms with van der Waals surface area (Å²) in [6.07, 6.45) is 1.30. The first kappa shape index (κ1) is 11.6. The van der Waals surface area contributed by atoms with Crippen LogP contribution in [0, 0.1) is 0 Å². The maximum absolute atomic E-state index is 10.8. The lowest BCUT2D eigenvalue weighted by Gasteiger charge is -2.07. The number of nitrogen functional groups attached to an aromatic ring is 1. The second kappa shape index (κ2) is 4.55. The van der Waals surface area contributed by atoms with Gasteiger partial charge in [-0.3, -0.25) is 4.98 Å². The Morgan fingerprint density at radius 1 is 1.35 bits per heavy atom. The molecule has 0 bridgehead atoms. The highest BCUT2D eigenvalue weighted by Crippen LogP contribution is 2.30. The third kappa shape index (κ3) is 2.29. The molecule has 1 aromatic carbocycles. The molecule has 1 aromatic heterocycles. The van der Waals surface area contributed by atoms with E-state index in [-0.39, 0.29) is 5.56 Å². The van der Waals surface area contributed by atoms with Gasteiger partial charge in [-0.2, -0.15) is 0 Å². The molecule has 86 valence electrons. The fourth-order valence-electron chi connectivity index (χ4n) is 1.48. The predicted molar refractivity (Wildman–Crippen MR) is 68.7 cm³/mol. The molecule has 5 heteroatoms. The van der Waals surface area contributed by atoms with Crippen molar-refractivity contribution in [3.8, 4) is 11.3 Å². The molecule has 3 N–H and O–H groups in total. The lowest BCUT2D eigenvalue weighted by atomic mass is 10.1. The number of hydrogen-bond acceptors (Lipinski definition) is 3. The quantitative estimate of drug-likeness (QED) is 0.892. The number of nitrogens with zero attached hydrogens (tertiary/aromatic N) is 1. The summed E-state index contributed by atoms with van der Waals surface area (Å²) in [5.41, 5.74) is 7.65. The first-order valence-corrected chi connectivity index (χ1v) is 5.62. The van der Waals surface area contributed by atoms with E-state index < -0.39 is 5.97 Å². The van der Waals surface area contributed by atoms with Gasteiger partial charge in [0.05, 0.1) is 16.9 Å². The third-order valence-corrected chi connectivity index (χ3v) is 2.98. The molecule has 0 amide bonds. The Bertz CT molecular complexity index is 584. The second-order valence-electron chi connectivity index (χ2n) is 3.45. The van der Waals surface area contributed by atoms with Gasteiger partial charge in [-0.05, 0) is 12.1 Å². The summed E-state index contributed by atoms with van der Waals surface area (Å²) in [6, 6.07) is 8.90. The number of halogens is 1. The minimum absolute atomic E-state index is 0.0818. The van der Waals surface area contributed by atoms with Crippen molar-refractivity contribution in [1.29, 1.82) is 0 Å². The number of carboxylic acids is 1. The van der Waals surface area contributed by atoms with E-state index in [1.165, 1.54) is 12.3 Å². The Hall–Kier alpha value is -1.88. The highest BCUT2D eigenvalue weighted by Gasteiger charge is 2.11. The molecular weight excluding hydrogens is 284 g/mol. The molecule has 0 aliphatic rings. The number of pyridine rings is 1. The van der Waals surface area contributed by atoms with Gasteiger partial charge in [-0.1, -0.05) is 34.1 Å². The van der Waals surface area contributed by atoms with E-state index in [4.69, 9.17) is 10.8 Å². The van der Waals surface area contributed by atoms with Crippen molar-refractivity contribution in [1.82, 2.24) is 4.98 Å². The fourth-order valence-corrected chi connectivity index (χ4v) is 1.95. The highest BCUT2D eigenvalue weighted by atomic mass is 79.9. The number of carbonyl (C=O) groups is 1. The molecule has 0 atom stereocenters. The Morgan fingerprint density at radius 2 is 2.06 bits per heavy atom. The van der Waals surface area contributed by atoms with Crippen LogP contribution in [0.5, 0.6) is 0 Å². The number of aromatic carboxylic acids is 1. The number of benzene rings is 1. The zero-order valence-electron chi connectivity index (χ0n) is 8.72. The van der Waals surface area contributed by atoms with Crippen LogP contribution in [0.4, 0.5) is 5.69 Å². The molecule has 0 radical (unpaired) electrons. The molecular formula is C12H9BrN2O2. The normalized spacial score (nSPS) is 10.2. The van der Waals surface area contributed by atoms with Crippen LogP contribution in [0.1, 0.15) is 10.4 Å². The topological polar surface area (TPSA) is 76.2 Å². The Morgan fingerprint density at radius 3 is 2.65 bits per heavy atom. The van der Waals surface area contributed by atoms with Gasteiger partial charge in [-0.15, -0.1) is 0 Å². The van der Waals surface area contributed by atoms with E-state index in [2.05, 4.69) is 20.9 Å². The van der Waals surface area contributed by atoms with Crippen molar-refractivity contribution in [2.45, 2.75) is 0 Å². The van der Waals surface area contributed by atoms with Crippen LogP contribution < -0.4 is 5.73 Å². The Kier molecular flexibility index (Phi) is 3.10. The third-order valence-electron chi connectivity index (χ3n) is 2.29. The van der Waals surface area contributed by atoms with E-state index in [1.807, 2.05) is 24.3 Å². The average Bonchev–Trinajstić information content (AvgIpc) is 2.30. The smallest absolute Gasteiger partial charge is 0.337 e. The molecule has 1 heterocycles. The van der Waals surface area contributed by atoms with Crippen LogP contribution in [-0.2, 0) is 0 Å². The molecule has 0 spiro atoms. The summed E-state index contributed by atoms with van der Waals surface area (Å²) in [4.78, 5) is 14.9. The monoisotopic (exact) mass is 292 g/mol. The number of nitrogens with two attached hydrogens (primary N) is 1. The van der Waals surface area contributed by atoms with Crippen molar-refractivity contribution in [2.75, 3.05) is 5.73 Å². The van der Waals surface area contributed by atoms with E-state index in [9.17, 15) is 4.79 Å². The Balaban J connectivity index is 2.55. The van der Waals surface area contributed by atoms with Gasteiger partial charge in [0.1, 0.15) is 0 Å². The number of carboxylic acid groups (broad SMARTS) is 1. The molecule has 2 rings (SSSR count). The van der Waals surface area contributed by atoms with Crippen LogP contribution in [0.15, 0.2) is 41.0 Å². The lowest BCUT2D eigenvalue weighted by molar-refractivity contribution is 0.0696. The van der Waals surface area contributed by atoms with Gasteiger partial charge in [-0.25, -0.2) is 4.79 Å². The molecule has 0 fully saturated rings. The average molecular weight is 293 g/mol. The zero-order chi connectivity index (χ0) is 12.4. The highest BCUT2D eigenvalue weighted by molar-refractivity contribution is 9.10. The lowest BCUT2D eigenvalue weighted by Crippen LogP contribution is -2.01. The molecule has 0 unspecified atom stereocenters. The van der Waals surface area contributed by atoms with Gasteiger partial charge in [0.2, 0.25) is 0 Å². The first-order valence-electron chi connectivity index (χ1n) is 4.83. The minimum atomic E-state index is -1.04. The standard InChI is InChI=1S/C12H9BrN2O2/c13-9-4-2-1-3-8(9)11-10(14)5-7(6-15-11)12(16)17/h1-6H,14H2,(H,16,17). The van der Waals surface area contributed by atoms with Crippen LogP contribution in [0.2, 0.25) is 0 Å². The summed E-state index contributed by atoms with van der Waals surface area (Å²) in [5.74, 6) is -1.04. The van der Waals surface area contributed by atoms with Gasteiger partial charge in [0.25, 0.3) is 0 Å². The van der Waals surface area contributed by atoms with Crippen LogP contribution >= 0.6 is 15.9 Å². The van der Waals surface area contributed by atoms with Crippen LogP contribution in [0.3, 0.4) is 0 Å². The number of rotatable bonds is 2. The minimum Gasteiger partial charge on any atom is -0.478 e. The maximum Gasteiger partial charge on any atom is 0.337 e. The largest absolute Gasteiger partial charge is 0.478 e. The molecule has 2 aromatic rings. The maximum atomic E-state index is 10.8. The van der Waals surface area contributed by atoms with Gasteiger partial charge in [0.15, 0.2) is 0 Å². The summed E-state index contributed by atoms with van der Waals surface area (Å²) in [6.45, 7) is 0. The van der Waals surface area contributed by atoms with Crippen molar-refractivity contribution < 1.29 is 9.90 Å². The first-order chi connectivity index (χ1) is 8.09. The summed E-state index contributed by atoms with van der Waals surface area (Å²) in [7, 11) is 0. The summed E-state index contributed by atoms with van der Waals surface area (Å²) < 4.78 is 0.863. The van der Waals surface area contributed by atoms with Crippen molar-refractivity contribution >= 4 is 27.6 Å².